The number of nitrogens with two attached hydrogens (primary N) is 1. The standard InChI is InChI=1S/C28H33N5O4S.2ClH/c1-3-38(34,35)33-26-9-8-24(37-17-25-16-32(18(2)29)10-11-36-25)14-23(26)15-27(33)20-6-4-19-5-7-21(28(30)31)13-22(19)12-20;;/h4-9,12-14,25,27,29H,3,10-11,15-17H2,1-2H3,(H3,30,31);2*1H. The first-order valence-electron chi connectivity index (χ1n) is 12.7. The number of nitrogens with one attached hydrogen (secondary N) is 2. The summed E-state index contributed by atoms with van der Waals surface area (Å²) >= 11 is 0. The zero-order chi connectivity index (χ0) is 27.0. The predicted octanol–water partition coefficient (Wildman–Crippen LogP) is 4.50. The summed E-state index contributed by atoms with van der Waals surface area (Å²) in [4.78, 5) is 1.97. The third-order valence-corrected chi connectivity index (χ3v) is 9.04. The van der Waals surface area contributed by atoms with Gasteiger partial charge in [0.1, 0.15) is 24.3 Å². The molecule has 0 spiro atoms. The van der Waals surface area contributed by atoms with Crippen LogP contribution >= 0.6 is 24.8 Å². The molecule has 5 rings (SSSR count). The number of nitrogens with zero attached hydrogens (tertiary/aromatic N) is 2. The van der Waals surface area contributed by atoms with Gasteiger partial charge in [-0.1, -0.05) is 24.3 Å². The number of sulfonamides is 1. The maximum atomic E-state index is 13.3. The summed E-state index contributed by atoms with van der Waals surface area (Å²) in [6, 6.07) is 16.7. The Balaban J connectivity index is 0.00000220. The number of fused-ring (bicyclic) bond motifs is 2. The number of hydrogen-bond donors (Lipinski definition) is 3. The van der Waals surface area contributed by atoms with E-state index in [4.69, 9.17) is 26.0 Å². The van der Waals surface area contributed by atoms with Crippen molar-refractivity contribution in [1.82, 2.24) is 4.90 Å². The first kappa shape index (κ1) is 31.5. The molecule has 0 radical (unpaired) electrons. The van der Waals surface area contributed by atoms with Gasteiger partial charge in [-0.3, -0.25) is 15.1 Å². The molecule has 0 bridgehead atoms. The van der Waals surface area contributed by atoms with Gasteiger partial charge in [0.2, 0.25) is 10.0 Å². The SMILES string of the molecule is CCS(=O)(=O)N1c2ccc(OCC3CN(C(C)=N)CCO3)cc2CC1c1ccc2ccc(C(=N)N)cc2c1.Cl.Cl. The van der Waals surface area contributed by atoms with E-state index in [-0.39, 0.29) is 48.5 Å². The molecule has 1 fully saturated rings. The summed E-state index contributed by atoms with van der Waals surface area (Å²) in [6.45, 7) is 5.65. The lowest BCUT2D eigenvalue weighted by molar-refractivity contribution is -0.0289. The molecular weight excluding hydrogens is 573 g/mol. The molecule has 2 atom stereocenters. The van der Waals surface area contributed by atoms with Gasteiger partial charge >= 0.3 is 0 Å². The van der Waals surface area contributed by atoms with Crippen molar-refractivity contribution in [2.45, 2.75) is 32.4 Å². The number of anilines is 1. The Morgan fingerprint density at radius 1 is 1.07 bits per heavy atom. The van der Waals surface area contributed by atoms with Crippen LogP contribution in [-0.2, 0) is 21.2 Å². The minimum Gasteiger partial charge on any atom is -0.491 e. The molecule has 40 heavy (non-hydrogen) atoms. The lowest BCUT2D eigenvalue weighted by Gasteiger charge is -2.33. The number of nitrogen functional groups attached to an aromatic ring is 1. The average molecular weight is 609 g/mol. The van der Waals surface area contributed by atoms with E-state index in [1.165, 1.54) is 4.31 Å². The number of amidine groups is 2. The zero-order valence-corrected chi connectivity index (χ0v) is 24.9. The molecule has 2 aliphatic rings. The molecule has 0 aromatic heterocycles. The highest BCUT2D eigenvalue weighted by Gasteiger charge is 2.38. The second kappa shape index (κ2) is 12.6. The van der Waals surface area contributed by atoms with Gasteiger partial charge in [0.25, 0.3) is 0 Å². The molecule has 216 valence electrons. The first-order valence-corrected chi connectivity index (χ1v) is 14.3. The number of ether oxygens (including phenoxy) is 2. The van der Waals surface area contributed by atoms with Crippen molar-refractivity contribution in [2.24, 2.45) is 5.73 Å². The molecule has 2 aliphatic heterocycles. The zero-order valence-electron chi connectivity index (χ0n) is 22.4. The van der Waals surface area contributed by atoms with Crippen LogP contribution in [0.15, 0.2) is 54.6 Å². The van der Waals surface area contributed by atoms with Crippen molar-refractivity contribution < 1.29 is 17.9 Å². The van der Waals surface area contributed by atoms with Gasteiger partial charge in [-0.2, -0.15) is 0 Å². The molecule has 3 aromatic rings. The monoisotopic (exact) mass is 607 g/mol. The fourth-order valence-electron chi connectivity index (χ4n) is 5.18. The number of benzene rings is 3. The Kier molecular flexibility index (Phi) is 9.94. The Morgan fingerprint density at radius 2 is 1.82 bits per heavy atom. The molecule has 0 saturated carbocycles. The number of rotatable bonds is 7. The predicted molar refractivity (Wildman–Crippen MR) is 164 cm³/mol. The van der Waals surface area contributed by atoms with Crippen LogP contribution in [0, 0.1) is 10.8 Å². The van der Waals surface area contributed by atoms with Gasteiger partial charge in [0.15, 0.2) is 0 Å². The highest BCUT2D eigenvalue weighted by molar-refractivity contribution is 7.92. The number of morpholine rings is 1. The second-order valence-corrected chi connectivity index (χ2v) is 11.9. The van der Waals surface area contributed by atoms with Crippen LogP contribution in [0.2, 0.25) is 0 Å². The average Bonchev–Trinajstić information content (AvgIpc) is 3.31. The first-order chi connectivity index (χ1) is 18.2. The van der Waals surface area contributed by atoms with Crippen LogP contribution in [0.4, 0.5) is 5.69 Å². The summed E-state index contributed by atoms with van der Waals surface area (Å²) < 4.78 is 39.9. The van der Waals surface area contributed by atoms with Crippen molar-refractivity contribution in [1.29, 1.82) is 10.8 Å². The van der Waals surface area contributed by atoms with E-state index < -0.39 is 10.0 Å². The van der Waals surface area contributed by atoms with E-state index in [9.17, 15) is 8.42 Å². The second-order valence-electron chi connectivity index (χ2n) is 9.78. The fourth-order valence-corrected chi connectivity index (χ4v) is 6.52. The summed E-state index contributed by atoms with van der Waals surface area (Å²) in [5, 5.41) is 17.5. The molecule has 4 N–H and O–H groups in total. The van der Waals surface area contributed by atoms with Crippen LogP contribution in [0.1, 0.15) is 36.6 Å². The Bertz CT molecular complexity index is 1520. The van der Waals surface area contributed by atoms with Crippen LogP contribution < -0.4 is 14.8 Å². The lowest BCUT2D eigenvalue weighted by Crippen LogP contribution is -2.46. The lowest BCUT2D eigenvalue weighted by atomic mass is 9.98. The maximum Gasteiger partial charge on any atom is 0.235 e. The minimum absolute atomic E-state index is 0. The van der Waals surface area contributed by atoms with E-state index in [1.807, 2.05) is 53.4 Å². The highest BCUT2D eigenvalue weighted by Crippen LogP contribution is 2.44. The van der Waals surface area contributed by atoms with Crippen LogP contribution in [-0.4, -0.2) is 63.1 Å². The molecule has 2 heterocycles. The molecule has 12 heteroatoms. The summed E-state index contributed by atoms with van der Waals surface area (Å²) in [5.41, 5.74) is 8.78. The fraction of sp³-hybridized carbons (Fsp3) is 0.357. The number of halogens is 2. The van der Waals surface area contributed by atoms with Gasteiger partial charge in [-0.25, -0.2) is 8.42 Å². The van der Waals surface area contributed by atoms with E-state index in [0.717, 1.165) is 21.9 Å². The molecular formula is C28H35Cl2N5O4S. The molecule has 0 aliphatic carbocycles. The molecule has 3 aromatic carbocycles. The van der Waals surface area contributed by atoms with Crippen molar-refractivity contribution in [3.05, 3.63) is 71.3 Å². The van der Waals surface area contributed by atoms with Crippen molar-refractivity contribution in [3.8, 4) is 5.75 Å². The van der Waals surface area contributed by atoms with Gasteiger partial charge in [0, 0.05) is 25.1 Å². The molecule has 2 unspecified atom stereocenters. The largest absolute Gasteiger partial charge is 0.491 e. The van der Waals surface area contributed by atoms with Crippen molar-refractivity contribution in [3.63, 3.8) is 0 Å². The summed E-state index contributed by atoms with van der Waals surface area (Å²) in [5.74, 6) is 1.17. The van der Waals surface area contributed by atoms with E-state index in [2.05, 4.69) is 0 Å². The quantitative estimate of drug-likeness (QED) is 0.267. The smallest absolute Gasteiger partial charge is 0.235 e. The Labute approximate surface area is 247 Å². The van der Waals surface area contributed by atoms with E-state index >= 15 is 0 Å². The highest BCUT2D eigenvalue weighted by atomic mass is 35.5. The maximum absolute atomic E-state index is 13.3. The third kappa shape index (κ3) is 6.30. The van der Waals surface area contributed by atoms with E-state index in [0.29, 0.717) is 55.6 Å². The Hall–Kier alpha value is -3.05. The van der Waals surface area contributed by atoms with Gasteiger partial charge < -0.3 is 20.1 Å². The van der Waals surface area contributed by atoms with Crippen molar-refractivity contribution in [2.75, 3.05) is 36.4 Å². The van der Waals surface area contributed by atoms with Crippen molar-refractivity contribution >= 4 is 63.0 Å². The third-order valence-electron chi connectivity index (χ3n) is 7.26. The van der Waals surface area contributed by atoms with Gasteiger partial charge in [-0.15, -0.1) is 24.8 Å². The Morgan fingerprint density at radius 3 is 2.52 bits per heavy atom. The van der Waals surface area contributed by atoms with Gasteiger partial charge in [-0.05, 0) is 66.1 Å². The normalized spacial score (nSPS) is 18.4. The molecule has 0 amide bonds. The van der Waals surface area contributed by atoms with Crippen LogP contribution in [0.5, 0.6) is 5.75 Å². The van der Waals surface area contributed by atoms with E-state index in [1.54, 1.807) is 19.9 Å². The topological polar surface area (TPSA) is 133 Å². The van der Waals surface area contributed by atoms with Gasteiger partial charge in [0.05, 0.1) is 29.9 Å². The molecule has 1 saturated heterocycles. The van der Waals surface area contributed by atoms with Crippen LogP contribution in [0.3, 0.4) is 0 Å². The summed E-state index contributed by atoms with van der Waals surface area (Å²) in [7, 11) is -3.55. The minimum atomic E-state index is -3.55. The van der Waals surface area contributed by atoms with Crippen LogP contribution in [0.25, 0.3) is 10.8 Å². The summed E-state index contributed by atoms with van der Waals surface area (Å²) in [6.07, 6.45) is 0.379. The number of hydrogen-bond acceptors (Lipinski definition) is 6. The molecule has 9 nitrogen and oxygen atoms in total.